The van der Waals surface area contributed by atoms with Crippen molar-refractivity contribution in [2.75, 3.05) is 6.54 Å². The minimum absolute atomic E-state index is 0.0737. The molecule has 1 amide bonds. The van der Waals surface area contributed by atoms with E-state index in [-0.39, 0.29) is 10.6 Å². The first-order valence-electron chi connectivity index (χ1n) is 6.41. The highest BCUT2D eigenvalue weighted by Crippen LogP contribution is 2.28. The third kappa shape index (κ3) is 2.63. The van der Waals surface area contributed by atoms with Crippen LogP contribution < -0.4 is 0 Å². The van der Waals surface area contributed by atoms with Crippen LogP contribution >= 0.6 is 11.6 Å². The molecule has 1 heterocycles. The summed E-state index contributed by atoms with van der Waals surface area (Å²) in [5.41, 5.74) is 0.0737. The van der Waals surface area contributed by atoms with Gasteiger partial charge in [-0.3, -0.25) is 9.59 Å². The van der Waals surface area contributed by atoms with Gasteiger partial charge < -0.3 is 10.0 Å². The molecule has 1 N–H and O–H groups in total. The van der Waals surface area contributed by atoms with Crippen molar-refractivity contribution in [2.24, 2.45) is 5.92 Å². The van der Waals surface area contributed by atoms with Gasteiger partial charge in [0.2, 0.25) is 0 Å². The van der Waals surface area contributed by atoms with Crippen molar-refractivity contribution in [1.82, 2.24) is 4.90 Å². The smallest absolute Gasteiger partial charge is 0.308 e. The number of halogens is 2. The second-order valence-corrected chi connectivity index (χ2v) is 5.31. The standard InChI is InChI=1S/C14H15ClFNO3/c1-8-9(14(19)20)5-3-7-17(8)13(18)10-4-2-6-11(16)12(10)15/h2,4,6,8-9H,3,5,7H2,1H3,(H,19,20)/t8-,9-/m1/s1. The number of benzene rings is 1. The van der Waals surface area contributed by atoms with E-state index in [4.69, 9.17) is 16.7 Å². The number of nitrogens with zero attached hydrogens (tertiary/aromatic N) is 1. The van der Waals surface area contributed by atoms with Crippen molar-refractivity contribution >= 4 is 23.5 Å². The first kappa shape index (κ1) is 14.8. The Morgan fingerprint density at radius 2 is 2.15 bits per heavy atom. The van der Waals surface area contributed by atoms with Crippen molar-refractivity contribution in [1.29, 1.82) is 0 Å². The second kappa shape index (κ2) is 5.79. The molecule has 0 spiro atoms. The summed E-state index contributed by atoms with van der Waals surface area (Å²) < 4.78 is 13.4. The van der Waals surface area contributed by atoms with E-state index in [1.807, 2.05) is 0 Å². The summed E-state index contributed by atoms with van der Waals surface area (Å²) in [6.07, 6.45) is 1.15. The minimum Gasteiger partial charge on any atom is -0.481 e. The molecule has 0 bridgehead atoms. The van der Waals surface area contributed by atoms with Gasteiger partial charge in [-0.05, 0) is 31.9 Å². The average Bonchev–Trinajstić information content (AvgIpc) is 2.41. The van der Waals surface area contributed by atoms with E-state index in [1.54, 1.807) is 6.92 Å². The minimum atomic E-state index is -0.916. The summed E-state index contributed by atoms with van der Waals surface area (Å²) in [7, 11) is 0. The van der Waals surface area contributed by atoms with E-state index in [1.165, 1.54) is 23.1 Å². The van der Waals surface area contributed by atoms with Gasteiger partial charge in [-0.15, -0.1) is 0 Å². The Hall–Kier alpha value is -1.62. The van der Waals surface area contributed by atoms with Gasteiger partial charge in [0.1, 0.15) is 5.82 Å². The van der Waals surface area contributed by atoms with Crippen LogP contribution in [0.5, 0.6) is 0 Å². The van der Waals surface area contributed by atoms with Gasteiger partial charge in [0, 0.05) is 12.6 Å². The fraction of sp³-hybridized carbons (Fsp3) is 0.429. The van der Waals surface area contributed by atoms with Crippen LogP contribution in [0.15, 0.2) is 18.2 Å². The van der Waals surface area contributed by atoms with E-state index >= 15 is 0 Å². The predicted molar refractivity (Wildman–Crippen MR) is 72.3 cm³/mol. The first-order chi connectivity index (χ1) is 9.43. The highest BCUT2D eigenvalue weighted by Gasteiger charge is 2.36. The molecule has 1 fully saturated rings. The number of aliphatic carboxylic acids is 1. The monoisotopic (exact) mass is 299 g/mol. The zero-order chi connectivity index (χ0) is 14.9. The molecule has 0 unspecified atom stereocenters. The first-order valence-corrected chi connectivity index (χ1v) is 6.79. The molecular weight excluding hydrogens is 285 g/mol. The molecule has 1 aromatic rings. The number of carbonyl (C=O) groups is 2. The van der Waals surface area contributed by atoms with Crippen molar-refractivity contribution in [3.63, 3.8) is 0 Å². The van der Waals surface area contributed by atoms with Crippen LogP contribution in [0.4, 0.5) is 4.39 Å². The lowest BCUT2D eigenvalue weighted by molar-refractivity contribution is -0.144. The maximum Gasteiger partial charge on any atom is 0.308 e. The third-order valence-corrected chi connectivity index (χ3v) is 4.13. The van der Waals surface area contributed by atoms with Crippen molar-refractivity contribution < 1.29 is 19.1 Å². The third-order valence-electron chi connectivity index (χ3n) is 3.75. The number of amides is 1. The molecule has 1 saturated heterocycles. The molecule has 0 aromatic heterocycles. The van der Waals surface area contributed by atoms with Gasteiger partial charge in [0.05, 0.1) is 16.5 Å². The summed E-state index contributed by atoms with van der Waals surface area (Å²) in [6, 6.07) is 3.61. The summed E-state index contributed by atoms with van der Waals surface area (Å²) in [5, 5.41) is 8.93. The highest BCUT2D eigenvalue weighted by molar-refractivity contribution is 6.34. The van der Waals surface area contributed by atoms with Gasteiger partial charge in [0.15, 0.2) is 0 Å². The Morgan fingerprint density at radius 3 is 2.80 bits per heavy atom. The lowest BCUT2D eigenvalue weighted by Crippen LogP contribution is -2.49. The number of carbonyl (C=O) groups excluding carboxylic acids is 1. The Labute approximate surface area is 121 Å². The Morgan fingerprint density at radius 1 is 1.45 bits per heavy atom. The molecular formula is C14H15ClFNO3. The van der Waals surface area contributed by atoms with Crippen LogP contribution in [0.3, 0.4) is 0 Å². The second-order valence-electron chi connectivity index (χ2n) is 4.93. The zero-order valence-electron chi connectivity index (χ0n) is 11.0. The molecule has 1 aliphatic heterocycles. The molecule has 20 heavy (non-hydrogen) atoms. The number of carboxylic acid groups (broad SMARTS) is 1. The van der Waals surface area contributed by atoms with Crippen LogP contribution in [0.2, 0.25) is 5.02 Å². The Bertz CT molecular complexity index is 549. The van der Waals surface area contributed by atoms with E-state index in [9.17, 15) is 14.0 Å². The number of hydrogen-bond acceptors (Lipinski definition) is 2. The molecule has 2 rings (SSSR count). The molecule has 1 aromatic carbocycles. The maximum atomic E-state index is 13.4. The quantitative estimate of drug-likeness (QED) is 0.913. The number of carboxylic acids is 1. The number of likely N-dealkylation sites (tertiary alicyclic amines) is 1. The topological polar surface area (TPSA) is 57.6 Å². The van der Waals surface area contributed by atoms with Crippen LogP contribution in [0, 0.1) is 11.7 Å². The Kier molecular flexibility index (Phi) is 4.28. The number of rotatable bonds is 2. The average molecular weight is 300 g/mol. The van der Waals surface area contributed by atoms with E-state index < -0.39 is 29.7 Å². The summed E-state index contributed by atoms with van der Waals surface area (Å²) in [4.78, 5) is 25.1. The number of hydrogen-bond donors (Lipinski definition) is 1. The summed E-state index contributed by atoms with van der Waals surface area (Å²) in [5.74, 6) is -2.59. The molecule has 1 aliphatic rings. The fourth-order valence-electron chi connectivity index (χ4n) is 2.58. The van der Waals surface area contributed by atoms with Crippen LogP contribution in [0.25, 0.3) is 0 Å². The van der Waals surface area contributed by atoms with Gasteiger partial charge in [-0.25, -0.2) is 4.39 Å². The van der Waals surface area contributed by atoms with Crippen molar-refractivity contribution in [2.45, 2.75) is 25.8 Å². The Balaban J connectivity index is 2.28. The van der Waals surface area contributed by atoms with E-state index in [0.717, 1.165) is 0 Å². The zero-order valence-corrected chi connectivity index (χ0v) is 11.7. The molecule has 6 heteroatoms. The highest BCUT2D eigenvalue weighted by atomic mass is 35.5. The fourth-order valence-corrected chi connectivity index (χ4v) is 2.79. The predicted octanol–water partition coefficient (Wildman–Crippen LogP) is 2.80. The van der Waals surface area contributed by atoms with Crippen LogP contribution in [-0.2, 0) is 4.79 Å². The van der Waals surface area contributed by atoms with Gasteiger partial charge in [0.25, 0.3) is 5.91 Å². The SMILES string of the molecule is C[C@@H]1[C@H](C(=O)O)CCCN1C(=O)c1cccc(F)c1Cl. The van der Waals surface area contributed by atoms with Gasteiger partial charge in [-0.1, -0.05) is 17.7 Å². The number of piperidine rings is 1. The van der Waals surface area contributed by atoms with E-state index in [0.29, 0.717) is 19.4 Å². The largest absolute Gasteiger partial charge is 0.481 e. The molecule has 0 aliphatic carbocycles. The van der Waals surface area contributed by atoms with Crippen LogP contribution in [0.1, 0.15) is 30.1 Å². The molecule has 2 atom stereocenters. The molecule has 4 nitrogen and oxygen atoms in total. The van der Waals surface area contributed by atoms with Gasteiger partial charge >= 0.3 is 5.97 Å². The van der Waals surface area contributed by atoms with Crippen LogP contribution in [-0.4, -0.2) is 34.5 Å². The maximum absolute atomic E-state index is 13.4. The van der Waals surface area contributed by atoms with E-state index in [2.05, 4.69) is 0 Å². The van der Waals surface area contributed by atoms with Crippen molar-refractivity contribution in [3.8, 4) is 0 Å². The molecule has 0 saturated carbocycles. The lowest BCUT2D eigenvalue weighted by atomic mass is 9.90. The molecule has 108 valence electrons. The molecule has 0 radical (unpaired) electrons. The van der Waals surface area contributed by atoms with Gasteiger partial charge in [-0.2, -0.15) is 0 Å². The summed E-state index contributed by atoms with van der Waals surface area (Å²) in [6.45, 7) is 2.15. The van der Waals surface area contributed by atoms with Crippen molar-refractivity contribution in [3.05, 3.63) is 34.6 Å². The summed E-state index contributed by atoms with van der Waals surface area (Å²) >= 11 is 5.82. The normalized spacial score (nSPS) is 22.6. The lowest BCUT2D eigenvalue weighted by Gasteiger charge is -2.37.